The zero-order valence-corrected chi connectivity index (χ0v) is 13.5. The van der Waals surface area contributed by atoms with E-state index in [1.54, 1.807) is 7.11 Å². The Balaban J connectivity index is 2.46. The summed E-state index contributed by atoms with van der Waals surface area (Å²) < 4.78 is 5.70. The van der Waals surface area contributed by atoms with Crippen LogP contribution in [0.15, 0.2) is 12.1 Å². The van der Waals surface area contributed by atoms with Gasteiger partial charge in [0.15, 0.2) is 0 Å². The van der Waals surface area contributed by atoms with E-state index < -0.39 is 5.97 Å². The van der Waals surface area contributed by atoms with E-state index in [2.05, 4.69) is 45.1 Å². The third-order valence-corrected chi connectivity index (χ3v) is 4.25. The Hall–Kier alpha value is -1.55. The Kier molecular flexibility index (Phi) is 4.28. The molecule has 0 bridgehead atoms. The smallest absolute Gasteiger partial charge is 0.307 e. The summed E-state index contributed by atoms with van der Waals surface area (Å²) in [5.41, 5.74) is 3.39. The van der Waals surface area contributed by atoms with Gasteiger partial charge >= 0.3 is 5.97 Å². The Morgan fingerprint density at radius 2 is 2.05 bits per heavy atom. The van der Waals surface area contributed by atoms with Crippen LogP contribution in [0.2, 0.25) is 0 Å². The largest absolute Gasteiger partial charge is 0.496 e. The molecule has 116 valence electrons. The SMILES string of the molecule is COc1c(C(C)(C)C)ccc(C)c1C1CC(C(=O)O)CN1. The molecule has 0 amide bonds. The zero-order valence-electron chi connectivity index (χ0n) is 13.5. The van der Waals surface area contributed by atoms with Gasteiger partial charge in [-0.1, -0.05) is 32.9 Å². The minimum Gasteiger partial charge on any atom is -0.496 e. The van der Waals surface area contributed by atoms with Gasteiger partial charge in [-0.25, -0.2) is 0 Å². The number of carbonyl (C=O) groups is 1. The van der Waals surface area contributed by atoms with Crippen molar-refractivity contribution in [3.05, 3.63) is 28.8 Å². The number of aliphatic carboxylic acids is 1. The number of methoxy groups -OCH3 is 1. The predicted molar refractivity (Wildman–Crippen MR) is 82.9 cm³/mol. The number of benzene rings is 1. The molecule has 1 fully saturated rings. The molecule has 0 aliphatic carbocycles. The Labute approximate surface area is 126 Å². The van der Waals surface area contributed by atoms with E-state index in [1.807, 2.05) is 0 Å². The van der Waals surface area contributed by atoms with Crippen LogP contribution in [-0.2, 0) is 10.2 Å². The molecular weight excluding hydrogens is 266 g/mol. The molecular formula is C17H25NO3. The van der Waals surface area contributed by atoms with Gasteiger partial charge in [0.05, 0.1) is 13.0 Å². The molecule has 4 nitrogen and oxygen atoms in total. The second-order valence-electron chi connectivity index (χ2n) is 6.86. The van der Waals surface area contributed by atoms with Gasteiger partial charge in [-0.2, -0.15) is 0 Å². The molecule has 0 aromatic heterocycles. The van der Waals surface area contributed by atoms with Gasteiger partial charge in [0, 0.05) is 18.2 Å². The van der Waals surface area contributed by atoms with Crippen LogP contribution in [0.4, 0.5) is 0 Å². The van der Waals surface area contributed by atoms with E-state index in [0.717, 1.165) is 22.4 Å². The van der Waals surface area contributed by atoms with Gasteiger partial charge in [-0.05, 0) is 29.9 Å². The predicted octanol–water partition coefficient (Wildman–Crippen LogP) is 3.04. The van der Waals surface area contributed by atoms with Crippen LogP contribution in [0.1, 0.15) is 49.9 Å². The molecule has 1 aliphatic rings. The fourth-order valence-corrected chi connectivity index (χ4v) is 3.09. The lowest BCUT2D eigenvalue weighted by Gasteiger charge is -2.27. The number of carboxylic acid groups (broad SMARTS) is 1. The van der Waals surface area contributed by atoms with Crippen molar-refractivity contribution >= 4 is 5.97 Å². The van der Waals surface area contributed by atoms with Gasteiger partial charge in [0.25, 0.3) is 0 Å². The van der Waals surface area contributed by atoms with Crippen LogP contribution >= 0.6 is 0 Å². The molecule has 21 heavy (non-hydrogen) atoms. The van der Waals surface area contributed by atoms with Crippen LogP contribution in [-0.4, -0.2) is 24.7 Å². The summed E-state index contributed by atoms with van der Waals surface area (Å²) in [5, 5.41) is 12.5. The quantitative estimate of drug-likeness (QED) is 0.898. The summed E-state index contributed by atoms with van der Waals surface area (Å²) in [4.78, 5) is 11.2. The molecule has 0 spiro atoms. The first kappa shape index (κ1) is 15.8. The summed E-state index contributed by atoms with van der Waals surface area (Å²) in [6, 6.07) is 4.26. The number of ether oxygens (including phenoxy) is 1. The number of hydrogen-bond donors (Lipinski definition) is 2. The van der Waals surface area contributed by atoms with Crippen molar-refractivity contribution in [1.29, 1.82) is 0 Å². The van der Waals surface area contributed by atoms with Gasteiger partial charge in [-0.3, -0.25) is 4.79 Å². The minimum atomic E-state index is -0.728. The van der Waals surface area contributed by atoms with E-state index in [0.29, 0.717) is 13.0 Å². The molecule has 1 aliphatic heterocycles. The van der Waals surface area contributed by atoms with E-state index >= 15 is 0 Å². The third-order valence-electron chi connectivity index (χ3n) is 4.25. The fraction of sp³-hybridized carbons (Fsp3) is 0.588. The first-order chi connectivity index (χ1) is 9.75. The van der Waals surface area contributed by atoms with Crippen molar-refractivity contribution in [2.24, 2.45) is 5.92 Å². The highest BCUT2D eigenvalue weighted by molar-refractivity contribution is 5.71. The van der Waals surface area contributed by atoms with Crippen LogP contribution in [0.5, 0.6) is 5.75 Å². The van der Waals surface area contributed by atoms with Gasteiger partial charge in [-0.15, -0.1) is 0 Å². The Morgan fingerprint density at radius 1 is 1.38 bits per heavy atom. The summed E-state index contributed by atoms with van der Waals surface area (Å²) in [6.45, 7) is 9.05. The van der Waals surface area contributed by atoms with Crippen LogP contribution < -0.4 is 10.1 Å². The lowest BCUT2D eigenvalue weighted by molar-refractivity contribution is -0.141. The second kappa shape index (κ2) is 5.68. The van der Waals surface area contributed by atoms with Gasteiger partial charge < -0.3 is 15.2 Å². The Bertz CT molecular complexity index is 546. The van der Waals surface area contributed by atoms with Crippen LogP contribution in [0, 0.1) is 12.8 Å². The van der Waals surface area contributed by atoms with Crippen molar-refractivity contribution in [3.8, 4) is 5.75 Å². The highest BCUT2D eigenvalue weighted by atomic mass is 16.5. The first-order valence-electron chi connectivity index (χ1n) is 7.40. The summed E-state index contributed by atoms with van der Waals surface area (Å²) in [5.74, 6) is -0.156. The first-order valence-corrected chi connectivity index (χ1v) is 7.40. The second-order valence-corrected chi connectivity index (χ2v) is 6.86. The number of rotatable bonds is 3. The van der Waals surface area contributed by atoms with Crippen LogP contribution in [0.3, 0.4) is 0 Å². The normalized spacial score (nSPS) is 22.3. The summed E-state index contributed by atoms with van der Waals surface area (Å²) in [7, 11) is 1.69. The Morgan fingerprint density at radius 3 is 2.52 bits per heavy atom. The average Bonchev–Trinajstić information content (AvgIpc) is 2.86. The standard InChI is InChI=1S/C17H25NO3/c1-10-6-7-12(17(2,3)4)15(21-5)14(10)13-8-11(9-18-13)16(19)20/h6-7,11,13,18H,8-9H2,1-5H3,(H,19,20). The monoisotopic (exact) mass is 291 g/mol. The topological polar surface area (TPSA) is 58.6 Å². The molecule has 1 saturated heterocycles. The van der Waals surface area contributed by atoms with Gasteiger partial charge in [0.1, 0.15) is 5.75 Å². The van der Waals surface area contributed by atoms with E-state index in [9.17, 15) is 9.90 Å². The fourth-order valence-electron chi connectivity index (χ4n) is 3.09. The molecule has 1 aromatic carbocycles. The molecule has 2 unspecified atom stereocenters. The summed E-state index contributed by atoms with van der Waals surface area (Å²) in [6.07, 6.45) is 0.611. The molecule has 1 heterocycles. The van der Waals surface area contributed by atoms with Crippen molar-refractivity contribution in [2.45, 2.75) is 45.6 Å². The number of nitrogens with one attached hydrogen (secondary N) is 1. The highest BCUT2D eigenvalue weighted by Crippen LogP contribution is 2.41. The third kappa shape index (κ3) is 3.05. The van der Waals surface area contributed by atoms with Crippen LogP contribution in [0.25, 0.3) is 0 Å². The zero-order chi connectivity index (χ0) is 15.8. The maximum atomic E-state index is 11.2. The molecule has 0 radical (unpaired) electrons. The number of carboxylic acids is 1. The van der Waals surface area contributed by atoms with E-state index in [-0.39, 0.29) is 17.4 Å². The molecule has 4 heteroatoms. The van der Waals surface area contributed by atoms with Crippen molar-refractivity contribution in [1.82, 2.24) is 5.32 Å². The van der Waals surface area contributed by atoms with Crippen molar-refractivity contribution in [2.75, 3.05) is 13.7 Å². The molecule has 0 saturated carbocycles. The van der Waals surface area contributed by atoms with E-state index in [4.69, 9.17) is 4.74 Å². The average molecular weight is 291 g/mol. The van der Waals surface area contributed by atoms with Crippen molar-refractivity contribution < 1.29 is 14.6 Å². The van der Waals surface area contributed by atoms with E-state index in [1.165, 1.54) is 0 Å². The summed E-state index contributed by atoms with van der Waals surface area (Å²) >= 11 is 0. The number of aryl methyl sites for hydroxylation is 1. The molecule has 2 atom stereocenters. The maximum absolute atomic E-state index is 11.2. The van der Waals surface area contributed by atoms with Crippen molar-refractivity contribution in [3.63, 3.8) is 0 Å². The maximum Gasteiger partial charge on any atom is 0.307 e. The molecule has 1 aromatic rings. The highest BCUT2D eigenvalue weighted by Gasteiger charge is 2.34. The number of hydrogen-bond acceptors (Lipinski definition) is 3. The minimum absolute atomic E-state index is 0.0153. The lowest BCUT2D eigenvalue weighted by atomic mass is 9.82. The van der Waals surface area contributed by atoms with Gasteiger partial charge in [0.2, 0.25) is 0 Å². The molecule has 2 rings (SSSR count). The molecule has 2 N–H and O–H groups in total. The lowest BCUT2D eigenvalue weighted by Crippen LogP contribution is -2.20.